The zero-order valence-corrected chi connectivity index (χ0v) is 16.3. The summed E-state index contributed by atoms with van der Waals surface area (Å²) < 4.78 is 0. The van der Waals surface area contributed by atoms with Gasteiger partial charge in [0.25, 0.3) is 0 Å². The number of likely N-dealkylation sites (tertiary alicyclic amines) is 2. The largest absolute Gasteiger partial charge is 0.342 e. The number of rotatable bonds is 4. The molecule has 1 aromatic carbocycles. The van der Waals surface area contributed by atoms with Crippen LogP contribution in [0, 0.1) is 17.8 Å². The summed E-state index contributed by atoms with van der Waals surface area (Å²) in [6.45, 7) is 2.61. The van der Waals surface area contributed by atoms with Crippen molar-refractivity contribution in [2.24, 2.45) is 17.8 Å². The lowest BCUT2D eigenvalue weighted by Crippen LogP contribution is -2.49. The fourth-order valence-electron chi connectivity index (χ4n) is 4.35. The van der Waals surface area contributed by atoms with Crippen LogP contribution in [0.4, 0.5) is 5.69 Å². The number of hydrogen-bond donors (Lipinski definition) is 1. The minimum atomic E-state index is -0.158. The van der Waals surface area contributed by atoms with E-state index in [0.717, 1.165) is 50.8 Å². The van der Waals surface area contributed by atoms with Crippen molar-refractivity contribution in [1.29, 1.82) is 0 Å². The smallest absolute Gasteiger partial charge is 0.229 e. The Morgan fingerprint density at radius 1 is 0.750 bits per heavy atom. The Morgan fingerprint density at radius 2 is 1.39 bits per heavy atom. The van der Waals surface area contributed by atoms with Gasteiger partial charge in [-0.15, -0.1) is 0 Å². The van der Waals surface area contributed by atoms with Crippen molar-refractivity contribution < 1.29 is 14.4 Å². The number of nitrogens with zero attached hydrogens (tertiary/aromatic N) is 2. The highest BCUT2D eigenvalue weighted by Crippen LogP contribution is 2.33. The standard InChI is InChI=1S/C22H29N3O3/c26-20(23-19-6-2-1-3-7-19)18-5-4-12-25(15-18)22(28)17-10-13-24(14-11-17)21(27)16-8-9-16/h1-3,6-7,16-18H,4-5,8-15H2,(H,23,26). The van der Waals surface area contributed by atoms with Crippen LogP contribution in [-0.2, 0) is 14.4 Å². The van der Waals surface area contributed by atoms with Gasteiger partial charge < -0.3 is 15.1 Å². The van der Waals surface area contributed by atoms with E-state index < -0.39 is 0 Å². The van der Waals surface area contributed by atoms with Crippen molar-refractivity contribution in [3.05, 3.63) is 30.3 Å². The van der Waals surface area contributed by atoms with E-state index in [-0.39, 0.29) is 35.5 Å². The predicted molar refractivity (Wildman–Crippen MR) is 106 cm³/mol. The number of para-hydroxylation sites is 1. The number of benzene rings is 1. The number of hydrogen-bond acceptors (Lipinski definition) is 3. The molecular weight excluding hydrogens is 354 g/mol. The van der Waals surface area contributed by atoms with Gasteiger partial charge in [-0.05, 0) is 50.7 Å². The monoisotopic (exact) mass is 383 g/mol. The van der Waals surface area contributed by atoms with Gasteiger partial charge in [-0.2, -0.15) is 0 Å². The summed E-state index contributed by atoms with van der Waals surface area (Å²) in [5, 5.41) is 2.96. The highest BCUT2D eigenvalue weighted by Gasteiger charge is 2.37. The molecule has 0 spiro atoms. The highest BCUT2D eigenvalue weighted by molar-refractivity contribution is 5.93. The minimum Gasteiger partial charge on any atom is -0.342 e. The van der Waals surface area contributed by atoms with Gasteiger partial charge in [-0.25, -0.2) is 0 Å². The maximum atomic E-state index is 13.0. The lowest BCUT2D eigenvalue weighted by Gasteiger charge is -2.37. The van der Waals surface area contributed by atoms with Crippen molar-refractivity contribution in [2.45, 2.75) is 38.5 Å². The number of nitrogens with one attached hydrogen (secondary N) is 1. The number of carbonyl (C=O) groups is 3. The Morgan fingerprint density at radius 3 is 2.07 bits per heavy atom. The fourth-order valence-corrected chi connectivity index (χ4v) is 4.35. The van der Waals surface area contributed by atoms with E-state index in [1.165, 1.54) is 0 Å². The van der Waals surface area contributed by atoms with E-state index in [4.69, 9.17) is 0 Å². The fraction of sp³-hybridized carbons (Fsp3) is 0.591. The second-order valence-corrected chi connectivity index (χ2v) is 8.35. The van der Waals surface area contributed by atoms with Gasteiger partial charge in [-0.3, -0.25) is 14.4 Å². The lowest BCUT2D eigenvalue weighted by molar-refractivity contribution is -0.143. The van der Waals surface area contributed by atoms with Gasteiger partial charge in [0.15, 0.2) is 0 Å². The molecule has 2 aliphatic heterocycles. The third kappa shape index (κ3) is 4.37. The molecule has 1 aromatic rings. The van der Waals surface area contributed by atoms with Crippen LogP contribution in [0.25, 0.3) is 0 Å². The molecule has 0 bridgehead atoms. The van der Waals surface area contributed by atoms with Crippen LogP contribution >= 0.6 is 0 Å². The SMILES string of the molecule is O=C(Nc1ccccc1)C1CCCN(C(=O)C2CCN(C(=O)C3CC3)CC2)C1. The Hall–Kier alpha value is -2.37. The Balaban J connectivity index is 1.28. The molecule has 0 radical (unpaired) electrons. The van der Waals surface area contributed by atoms with Gasteiger partial charge in [-0.1, -0.05) is 18.2 Å². The molecule has 1 saturated carbocycles. The summed E-state index contributed by atoms with van der Waals surface area (Å²) in [4.78, 5) is 41.6. The quantitative estimate of drug-likeness (QED) is 0.869. The molecule has 6 nitrogen and oxygen atoms in total. The van der Waals surface area contributed by atoms with Gasteiger partial charge >= 0.3 is 0 Å². The molecular formula is C22H29N3O3. The van der Waals surface area contributed by atoms with Crippen LogP contribution < -0.4 is 5.32 Å². The van der Waals surface area contributed by atoms with Crippen molar-refractivity contribution in [1.82, 2.24) is 9.80 Å². The van der Waals surface area contributed by atoms with Crippen LogP contribution in [0.1, 0.15) is 38.5 Å². The van der Waals surface area contributed by atoms with Crippen LogP contribution in [0.5, 0.6) is 0 Å². The first-order valence-electron chi connectivity index (χ1n) is 10.6. The molecule has 3 aliphatic rings. The molecule has 1 atom stereocenters. The Kier molecular flexibility index (Phi) is 5.64. The first-order valence-corrected chi connectivity index (χ1v) is 10.6. The van der Waals surface area contributed by atoms with Crippen LogP contribution in [0.2, 0.25) is 0 Å². The zero-order valence-electron chi connectivity index (χ0n) is 16.3. The molecule has 2 heterocycles. The Bertz CT molecular complexity index is 724. The summed E-state index contributed by atoms with van der Waals surface area (Å²) in [5.74, 6) is 0.512. The van der Waals surface area contributed by atoms with Crippen LogP contribution in [0.3, 0.4) is 0 Å². The van der Waals surface area contributed by atoms with Crippen molar-refractivity contribution >= 4 is 23.4 Å². The van der Waals surface area contributed by atoms with E-state index in [1.807, 2.05) is 40.1 Å². The third-order valence-electron chi connectivity index (χ3n) is 6.23. The molecule has 0 aromatic heterocycles. The summed E-state index contributed by atoms with van der Waals surface area (Å²) in [5.41, 5.74) is 0.795. The molecule has 6 heteroatoms. The normalized spacial score (nSPS) is 23.4. The van der Waals surface area contributed by atoms with Crippen molar-refractivity contribution in [3.8, 4) is 0 Å². The molecule has 1 N–H and O–H groups in total. The number of piperidine rings is 2. The van der Waals surface area contributed by atoms with Crippen LogP contribution in [0.15, 0.2) is 30.3 Å². The maximum absolute atomic E-state index is 13.0. The molecule has 150 valence electrons. The van der Waals surface area contributed by atoms with E-state index >= 15 is 0 Å². The molecule has 28 heavy (non-hydrogen) atoms. The molecule has 1 unspecified atom stereocenters. The number of amides is 3. The van der Waals surface area contributed by atoms with Gasteiger partial charge in [0.2, 0.25) is 17.7 Å². The first kappa shape index (κ1) is 19.0. The highest BCUT2D eigenvalue weighted by atomic mass is 16.2. The molecule has 3 amide bonds. The molecule has 1 aliphatic carbocycles. The topological polar surface area (TPSA) is 69.7 Å². The summed E-state index contributed by atoms with van der Waals surface area (Å²) >= 11 is 0. The summed E-state index contributed by atoms with van der Waals surface area (Å²) in [6, 6.07) is 9.46. The lowest BCUT2D eigenvalue weighted by atomic mass is 9.91. The van der Waals surface area contributed by atoms with E-state index in [1.54, 1.807) is 0 Å². The second-order valence-electron chi connectivity index (χ2n) is 8.35. The molecule has 4 rings (SSSR count). The third-order valence-corrected chi connectivity index (χ3v) is 6.23. The average Bonchev–Trinajstić information content (AvgIpc) is 3.59. The van der Waals surface area contributed by atoms with Gasteiger partial charge in [0, 0.05) is 43.7 Å². The summed E-state index contributed by atoms with van der Waals surface area (Å²) in [7, 11) is 0. The first-order chi connectivity index (χ1) is 13.6. The molecule has 2 saturated heterocycles. The van der Waals surface area contributed by atoms with E-state index in [0.29, 0.717) is 19.6 Å². The molecule has 3 fully saturated rings. The zero-order chi connectivity index (χ0) is 19.5. The Labute approximate surface area is 166 Å². The van der Waals surface area contributed by atoms with Crippen LogP contribution in [-0.4, -0.2) is 53.7 Å². The van der Waals surface area contributed by atoms with E-state index in [9.17, 15) is 14.4 Å². The average molecular weight is 383 g/mol. The van der Waals surface area contributed by atoms with Gasteiger partial charge in [0.05, 0.1) is 5.92 Å². The van der Waals surface area contributed by atoms with Crippen molar-refractivity contribution in [3.63, 3.8) is 0 Å². The number of anilines is 1. The summed E-state index contributed by atoms with van der Waals surface area (Å²) in [6.07, 6.45) is 5.22. The van der Waals surface area contributed by atoms with Crippen molar-refractivity contribution in [2.75, 3.05) is 31.5 Å². The maximum Gasteiger partial charge on any atom is 0.229 e. The second kappa shape index (κ2) is 8.33. The van der Waals surface area contributed by atoms with E-state index in [2.05, 4.69) is 5.32 Å². The number of carbonyl (C=O) groups excluding carboxylic acids is 3. The van der Waals surface area contributed by atoms with Gasteiger partial charge in [0.1, 0.15) is 0 Å². The minimum absolute atomic E-state index is 0.00597. The predicted octanol–water partition coefficient (Wildman–Crippen LogP) is 2.51.